The van der Waals surface area contributed by atoms with Crippen LogP contribution in [-0.2, 0) is 10.2 Å². The molecule has 0 aromatic heterocycles. The molecule has 0 aliphatic carbocycles. The van der Waals surface area contributed by atoms with Crippen molar-refractivity contribution in [1.29, 1.82) is 0 Å². The summed E-state index contributed by atoms with van der Waals surface area (Å²) in [6, 6.07) is 32.4. The van der Waals surface area contributed by atoms with Gasteiger partial charge >= 0.3 is 0 Å². The van der Waals surface area contributed by atoms with E-state index in [1.807, 2.05) is 17.8 Å². The van der Waals surface area contributed by atoms with Gasteiger partial charge in [0.05, 0.1) is 6.10 Å². The van der Waals surface area contributed by atoms with Crippen LogP contribution >= 0.6 is 11.8 Å². The zero-order valence-corrected chi connectivity index (χ0v) is 20.8. The summed E-state index contributed by atoms with van der Waals surface area (Å²) < 4.78 is 7.30. The van der Waals surface area contributed by atoms with E-state index in [4.69, 9.17) is 4.43 Å². The number of hydrogen-bond donors (Lipinski definition) is 0. The molecule has 0 heterocycles. The van der Waals surface area contributed by atoms with Crippen molar-refractivity contribution in [2.24, 2.45) is 0 Å². The van der Waals surface area contributed by atoms with E-state index in [0.29, 0.717) is 0 Å². The first-order chi connectivity index (χ1) is 15.0. The zero-order valence-electron chi connectivity index (χ0n) is 19.0. The molecule has 3 aromatic rings. The second kappa shape index (κ2) is 11.0. The molecule has 3 aromatic carbocycles. The summed E-state index contributed by atoms with van der Waals surface area (Å²) in [4.78, 5) is 0. The van der Waals surface area contributed by atoms with Gasteiger partial charge in [0.25, 0.3) is 8.32 Å². The molecule has 0 radical (unpaired) electrons. The van der Waals surface area contributed by atoms with E-state index >= 15 is 0 Å². The molecule has 0 fully saturated rings. The van der Waals surface area contributed by atoms with Gasteiger partial charge in [-0.15, -0.1) is 6.58 Å². The lowest BCUT2D eigenvalue weighted by Gasteiger charge is -2.45. The van der Waals surface area contributed by atoms with Crippen molar-refractivity contribution < 1.29 is 4.43 Å². The van der Waals surface area contributed by atoms with Gasteiger partial charge < -0.3 is 4.43 Å². The second-order valence-electron chi connectivity index (χ2n) is 8.93. The molecular formula is C28H34OSSi. The third kappa shape index (κ3) is 5.79. The van der Waals surface area contributed by atoms with Gasteiger partial charge in [-0.25, -0.2) is 0 Å². The minimum Gasteiger partial charge on any atom is -0.403 e. The lowest BCUT2D eigenvalue weighted by Crippen LogP contribution is -2.67. The molecule has 0 saturated carbocycles. The molecule has 0 aliphatic heterocycles. The molecule has 1 unspecified atom stereocenters. The molecule has 0 amide bonds. The summed E-state index contributed by atoms with van der Waals surface area (Å²) in [7, 11) is -2.54. The zero-order chi connectivity index (χ0) is 22.2. The Morgan fingerprint density at radius 3 is 1.77 bits per heavy atom. The van der Waals surface area contributed by atoms with Crippen LogP contribution in [0.15, 0.2) is 104 Å². The Labute approximate surface area is 193 Å². The van der Waals surface area contributed by atoms with Crippen LogP contribution in [0, 0.1) is 0 Å². The van der Waals surface area contributed by atoms with Gasteiger partial charge in [0.2, 0.25) is 0 Å². The largest absolute Gasteiger partial charge is 0.403 e. The Bertz CT molecular complexity index is 880. The van der Waals surface area contributed by atoms with Crippen molar-refractivity contribution in [3.05, 3.63) is 109 Å². The number of rotatable bonds is 10. The highest BCUT2D eigenvalue weighted by atomic mass is 32.2. The fraction of sp³-hybridized carbons (Fsp3) is 0.286. The quantitative estimate of drug-likeness (QED) is 0.262. The lowest BCUT2D eigenvalue weighted by atomic mass is 10.2. The number of benzene rings is 3. The number of thioether (sulfide) groups is 1. The monoisotopic (exact) mass is 446 g/mol. The molecule has 162 valence electrons. The average Bonchev–Trinajstić information content (AvgIpc) is 2.78. The molecule has 0 bridgehead atoms. The minimum atomic E-state index is -2.54. The maximum atomic E-state index is 7.30. The van der Waals surface area contributed by atoms with Crippen LogP contribution < -0.4 is 10.4 Å². The van der Waals surface area contributed by atoms with Crippen LogP contribution in [0.2, 0.25) is 5.04 Å². The van der Waals surface area contributed by atoms with Crippen LogP contribution in [0.3, 0.4) is 0 Å². The van der Waals surface area contributed by atoms with E-state index in [1.165, 1.54) is 15.9 Å². The highest BCUT2D eigenvalue weighted by Crippen LogP contribution is 2.38. The van der Waals surface area contributed by atoms with Crippen molar-refractivity contribution in [3.63, 3.8) is 0 Å². The van der Waals surface area contributed by atoms with E-state index in [0.717, 1.165) is 17.9 Å². The molecule has 3 rings (SSSR count). The maximum Gasteiger partial charge on any atom is 0.261 e. The van der Waals surface area contributed by atoms with Gasteiger partial charge in [-0.2, -0.15) is 11.8 Å². The van der Waals surface area contributed by atoms with Gasteiger partial charge in [-0.1, -0.05) is 118 Å². The second-order valence-corrected chi connectivity index (χ2v) is 14.2. The maximum absolute atomic E-state index is 7.30. The van der Waals surface area contributed by atoms with Gasteiger partial charge in [0, 0.05) is 11.5 Å². The van der Waals surface area contributed by atoms with Crippen molar-refractivity contribution in [2.75, 3.05) is 5.75 Å². The average molecular weight is 447 g/mol. The predicted molar refractivity (Wildman–Crippen MR) is 140 cm³/mol. The molecule has 0 spiro atoms. The summed E-state index contributed by atoms with van der Waals surface area (Å²) in [6.07, 6.45) is 2.98. The molecule has 31 heavy (non-hydrogen) atoms. The minimum absolute atomic E-state index is 0.0147. The van der Waals surface area contributed by atoms with E-state index in [9.17, 15) is 0 Å². The Balaban J connectivity index is 1.94. The van der Waals surface area contributed by atoms with E-state index < -0.39 is 8.32 Å². The first-order valence-corrected chi connectivity index (χ1v) is 14.0. The van der Waals surface area contributed by atoms with Crippen molar-refractivity contribution >= 4 is 30.5 Å². The predicted octanol–water partition coefficient (Wildman–Crippen LogP) is 6.44. The smallest absolute Gasteiger partial charge is 0.261 e. The first-order valence-electron chi connectivity index (χ1n) is 11.0. The Morgan fingerprint density at radius 2 is 1.32 bits per heavy atom. The molecule has 0 saturated heterocycles. The Kier molecular flexibility index (Phi) is 8.36. The Morgan fingerprint density at radius 1 is 0.839 bits per heavy atom. The molecule has 1 nitrogen and oxygen atoms in total. The lowest BCUT2D eigenvalue weighted by molar-refractivity contribution is 0.214. The standard InChI is InChI=1S/C28H34OSSi/c1-5-15-25(23-30-22-24-16-9-6-10-17-24)29-31(28(2,3)4,26-18-11-7-12-19-26)27-20-13-8-14-21-27/h5-14,16-21,25H,1,15,22-23H2,2-4H3. The van der Waals surface area contributed by atoms with Crippen LogP contribution in [0.4, 0.5) is 0 Å². The SMILES string of the molecule is C=CCC(CSCc1ccccc1)O[Si](c1ccccc1)(c1ccccc1)C(C)(C)C. The summed E-state index contributed by atoms with van der Waals surface area (Å²) >= 11 is 1.95. The molecule has 3 heteroatoms. The van der Waals surface area contributed by atoms with Crippen molar-refractivity contribution in [1.82, 2.24) is 0 Å². The summed E-state index contributed by atoms with van der Waals surface area (Å²) in [6.45, 7) is 11.0. The summed E-state index contributed by atoms with van der Waals surface area (Å²) in [5.41, 5.74) is 1.36. The fourth-order valence-electron chi connectivity index (χ4n) is 4.16. The van der Waals surface area contributed by atoms with Crippen LogP contribution in [0.5, 0.6) is 0 Å². The summed E-state index contributed by atoms with van der Waals surface area (Å²) in [5, 5.41) is 2.64. The third-order valence-electron chi connectivity index (χ3n) is 5.61. The van der Waals surface area contributed by atoms with Crippen LogP contribution in [0.25, 0.3) is 0 Å². The Hall–Kier alpha value is -2.07. The third-order valence-corrected chi connectivity index (χ3v) is 11.8. The topological polar surface area (TPSA) is 9.23 Å². The number of hydrogen-bond acceptors (Lipinski definition) is 2. The molecule has 0 N–H and O–H groups in total. The molecule has 0 aliphatic rings. The van der Waals surface area contributed by atoms with Gasteiger partial charge in [0.15, 0.2) is 0 Å². The van der Waals surface area contributed by atoms with E-state index in [2.05, 4.69) is 118 Å². The van der Waals surface area contributed by atoms with Crippen LogP contribution in [0.1, 0.15) is 32.8 Å². The van der Waals surface area contributed by atoms with Gasteiger partial charge in [-0.3, -0.25) is 0 Å². The highest BCUT2D eigenvalue weighted by Gasteiger charge is 2.51. The molecule has 1 atom stereocenters. The van der Waals surface area contributed by atoms with Gasteiger partial charge in [-0.05, 0) is 27.4 Å². The van der Waals surface area contributed by atoms with E-state index in [-0.39, 0.29) is 11.1 Å². The van der Waals surface area contributed by atoms with E-state index in [1.54, 1.807) is 0 Å². The normalized spacial score (nSPS) is 13.0. The first kappa shape index (κ1) is 23.6. The van der Waals surface area contributed by atoms with Gasteiger partial charge in [0.1, 0.15) is 0 Å². The van der Waals surface area contributed by atoms with Crippen molar-refractivity contribution in [3.8, 4) is 0 Å². The van der Waals surface area contributed by atoms with Crippen molar-refractivity contribution in [2.45, 2.75) is 44.1 Å². The molecular weight excluding hydrogens is 412 g/mol. The highest BCUT2D eigenvalue weighted by molar-refractivity contribution is 7.98. The van der Waals surface area contributed by atoms with Crippen LogP contribution in [-0.4, -0.2) is 20.2 Å². The summed E-state index contributed by atoms with van der Waals surface area (Å²) in [5.74, 6) is 1.95. The fourth-order valence-corrected chi connectivity index (χ4v) is 9.99.